The number of hydrogen-bond acceptors (Lipinski definition) is 14. The van der Waals surface area contributed by atoms with E-state index in [1.807, 2.05) is 0 Å². The summed E-state index contributed by atoms with van der Waals surface area (Å²) in [5.74, 6) is -1.64. The second kappa shape index (κ2) is 15.9. The molecule has 0 fully saturated rings. The molecular weight excluding hydrogens is 652 g/mol. The molecule has 0 radical (unpaired) electrons. The van der Waals surface area contributed by atoms with Crippen LogP contribution in [-0.4, -0.2) is 59.8 Å². The average molecular weight is 689 g/mol. The molecule has 0 amide bonds. The Labute approximate surface area is 288 Å². The Morgan fingerprint density at radius 2 is 1.49 bits per heavy atom. The van der Waals surface area contributed by atoms with Gasteiger partial charge in [0.1, 0.15) is 23.2 Å². The third kappa shape index (κ3) is 7.10. The fourth-order valence-electron chi connectivity index (χ4n) is 5.63. The van der Waals surface area contributed by atoms with E-state index in [2.05, 4.69) is 17.5 Å². The van der Waals surface area contributed by atoms with Crippen LogP contribution in [-0.2, 0) is 23.8 Å². The molecule has 3 N–H and O–H groups in total. The van der Waals surface area contributed by atoms with E-state index in [-0.39, 0.29) is 46.3 Å². The van der Waals surface area contributed by atoms with E-state index in [9.17, 15) is 20.1 Å². The summed E-state index contributed by atoms with van der Waals surface area (Å²) >= 11 is 1.14. The Kier molecular flexibility index (Phi) is 11.7. The van der Waals surface area contributed by atoms with Crippen LogP contribution in [0.25, 0.3) is 0 Å². The molecule has 2 unspecified atom stereocenters. The highest BCUT2D eigenvalue weighted by Gasteiger charge is 2.40. The molecule has 2 aliphatic heterocycles. The lowest BCUT2D eigenvalue weighted by Gasteiger charge is -2.31. The normalized spacial score (nSPS) is 17.3. The number of nitrogens with two attached hydrogens (primary N) is 1. The molecule has 0 saturated heterocycles. The van der Waals surface area contributed by atoms with Gasteiger partial charge in [-0.05, 0) is 49.2 Å². The molecule has 49 heavy (non-hydrogen) atoms. The SMILES string of the molecule is CCOC(=O)C1=C(CSC2=C(C#N)C(c3cc(OC)c(OC)c(OC)c3)C(C(=O)OC)=C(C)N2)OC(N)=C(C#N)C1c1ccc(OC)cc1. The number of nitriles is 2. The number of nitrogens with zero attached hydrogens (tertiary/aromatic N) is 2. The van der Waals surface area contributed by atoms with Crippen LogP contribution in [0.5, 0.6) is 23.0 Å². The number of benzene rings is 2. The minimum atomic E-state index is -0.914. The fraction of sp³-hybridized carbons (Fsp3) is 0.314. The number of carbonyl (C=O) groups excluding carboxylic acids is 2. The minimum absolute atomic E-state index is 0.0173. The first-order valence-corrected chi connectivity index (χ1v) is 15.9. The van der Waals surface area contributed by atoms with Gasteiger partial charge in [-0.15, -0.1) is 0 Å². The zero-order valence-electron chi connectivity index (χ0n) is 28.1. The molecule has 2 aromatic carbocycles. The predicted octanol–water partition coefficient (Wildman–Crippen LogP) is 4.65. The zero-order valence-corrected chi connectivity index (χ0v) is 28.9. The summed E-state index contributed by atoms with van der Waals surface area (Å²) in [5, 5.41) is 24.2. The Hall–Kier alpha value is -5.73. The molecule has 0 bridgehead atoms. The molecule has 2 aromatic rings. The molecule has 0 aliphatic carbocycles. The molecule has 4 rings (SSSR count). The van der Waals surface area contributed by atoms with Gasteiger partial charge in [0.05, 0.1) is 87.6 Å². The molecule has 2 heterocycles. The summed E-state index contributed by atoms with van der Waals surface area (Å²) in [6, 6.07) is 14.5. The van der Waals surface area contributed by atoms with Gasteiger partial charge in [-0.25, -0.2) is 9.59 Å². The number of nitrogens with one attached hydrogen (secondary N) is 1. The molecule has 0 saturated carbocycles. The van der Waals surface area contributed by atoms with E-state index in [1.54, 1.807) is 50.2 Å². The van der Waals surface area contributed by atoms with Crippen molar-refractivity contribution in [2.45, 2.75) is 25.7 Å². The highest BCUT2D eigenvalue weighted by molar-refractivity contribution is 8.03. The molecule has 256 valence electrons. The largest absolute Gasteiger partial charge is 0.497 e. The first-order chi connectivity index (χ1) is 23.6. The van der Waals surface area contributed by atoms with Gasteiger partial charge in [-0.3, -0.25) is 0 Å². The molecule has 2 aliphatic rings. The Morgan fingerprint density at radius 3 is 2.00 bits per heavy atom. The Morgan fingerprint density at radius 1 is 0.878 bits per heavy atom. The monoisotopic (exact) mass is 688 g/mol. The standard InChI is InChI=1S/C35H36N4O9S/c1-8-47-35(41)30-26(48-32(38)22(15-36)28(30)19-9-11-21(42-3)12-10-19)17-49-33-23(16-37)29(27(18(2)39-33)34(40)46-7)20-13-24(43-4)31(45-6)25(14-20)44-5/h9-14,28-29,39H,8,17,38H2,1-7H3. The first kappa shape index (κ1) is 36.1. The lowest BCUT2D eigenvalue weighted by atomic mass is 9.82. The second-order valence-electron chi connectivity index (χ2n) is 10.4. The minimum Gasteiger partial charge on any atom is -0.497 e. The third-order valence-corrected chi connectivity index (χ3v) is 8.88. The van der Waals surface area contributed by atoms with Gasteiger partial charge >= 0.3 is 11.9 Å². The van der Waals surface area contributed by atoms with Gasteiger partial charge in [0.25, 0.3) is 0 Å². The van der Waals surface area contributed by atoms with Gasteiger partial charge in [-0.1, -0.05) is 23.9 Å². The number of carbonyl (C=O) groups is 2. The van der Waals surface area contributed by atoms with E-state index in [0.717, 1.165) is 11.8 Å². The number of thioether (sulfide) groups is 1. The van der Waals surface area contributed by atoms with Crippen molar-refractivity contribution in [3.63, 3.8) is 0 Å². The quantitative estimate of drug-likeness (QED) is 0.294. The predicted molar refractivity (Wildman–Crippen MR) is 179 cm³/mol. The molecule has 2 atom stereocenters. The lowest BCUT2D eigenvalue weighted by Crippen LogP contribution is -2.29. The van der Waals surface area contributed by atoms with Crippen molar-refractivity contribution in [1.82, 2.24) is 5.32 Å². The van der Waals surface area contributed by atoms with Crippen LogP contribution in [0.15, 0.2) is 81.1 Å². The number of esters is 2. The van der Waals surface area contributed by atoms with Crippen LogP contribution < -0.4 is 30.0 Å². The number of dihydropyridines is 1. The van der Waals surface area contributed by atoms with Crippen LogP contribution in [0.4, 0.5) is 0 Å². The summed E-state index contributed by atoms with van der Waals surface area (Å²) < 4.78 is 38.3. The number of rotatable bonds is 12. The van der Waals surface area contributed by atoms with Crippen molar-refractivity contribution in [3.05, 3.63) is 92.2 Å². The number of methoxy groups -OCH3 is 5. The summed E-state index contributed by atoms with van der Waals surface area (Å²) in [5.41, 5.74) is 8.28. The maximum atomic E-state index is 13.5. The highest BCUT2D eigenvalue weighted by atomic mass is 32.2. The molecule has 0 spiro atoms. The van der Waals surface area contributed by atoms with Crippen molar-refractivity contribution >= 4 is 23.7 Å². The van der Waals surface area contributed by atoms with Crippen LogP contribution in [0.2, 0.25) is 0 Å². The van der Waals surface area contributed by atoms with Gasteiger partial charge in [0, 0.05) is 5.70 Å². The smallest absolute Gasteiger partial charge is 0.338 e. The van der Waals surface area contributed by atoms with Gasteiger partial charge in [-0.2, -0.15) is 10.5 Å². The Bertz CT molecular complexity index is 1820. The second-order valence-corrected chi connectivity index (χ2v) is 11.4. The average Bonchev–Trinajstić information content (AvgIpc) is 3.12. The van der Waals surface area contributed by atoms with Crippen LogP contribution in [0.1, 0.15) is 36.8 Å². The first-order valence-electron chi connectivity index (χ1n) is 14.9. The van der Waals surface area contributed by atoms with Crippen molar-refractivity contribution in [2.75, 3.05) is 47.9 Å². The van der Waals surface area contributed by atoms with Crippen LogP contribution >= 0.6 is 11.8 Å². The molecule has 14 heteroatoms. The van der Waals surface area contributed by atoms with Crippen molar-refractivity contribution in [1.29, 1.82) is 10.5 Å². The topological polar surface area (TPSA) is 184 Å². The molecule has 13 nitrogen and oxygen atoms in total. The van der Waals surface area contributed by atoms with Gasteiger partial charge < -0.3 is 44.2 Å². The van der Waals surface area contributed by atoms with E-state index in [0.29, 0.717) is 44.9 Å². The van der Waals surface area contributed by atoms with E-state index in [4.69, 9.17) is 38.9 Å². The highest BCUT2D eigenvalue weighted by Crippen LogP contribution is 2.47. The summed E-state index contributed by atoms with van der Waals surface area (Å²) in [6.07, 6.45) is 0. The van der Waals surface area contributed by atoms with E-state index >= 15 is 0 Å². The fourth-order valence-corrected chi connectivity index (χ4v) is 6.67. The summed E-state index contributed by atoms with van der Waals surface area (Å²) in [7, 11) is 7.18. The number of hydrogen-bond donors (Lipinski definition) is 2. The van der Waals surface area contributed by atoms with E-state index < -0.39 is 23.8 Å². The summed E-state index contributed by atoms with van der Waals surface area (Å²) in [6.45, 7) is 3.43. The Balaban J connectivity index is 1.87. The van der Waals surface area contributed by atoms with Crippen molar-refractivity contribution < 1.29 is 42.7 Å². The summed E-state index contributed by atoms with van der Waals surface area (Å²) in [4.78, 5) is 26.7. The van der Waals surface area contributed by atoms with Crippen LogP contribution in [0.3, 0.4) is 0 Å². The maximum absolute atomic E-state index is 13.5. The number of ether oxygens (including phenoxy) is 7. The molecule has 0 aromatic heterocycles. The molecular formula is C35H36N4O9S. The van der Waals surface area contributed by atoms with E-state index in [1.165, 1.54) is 35.5 Å². The van der Waals surface area contributed by atoms with Gasteiger partial charge in [0.15, 0.2) is 11.5 Å². The third-order valence-electron chi connectivity index (χ3n) is 7.86. The lowest BCUT2D eigenvalue weighted by molar-refractivity contribution is -0.139. The van der Waals surface area contributed by atoms with Crippen LogP contribution in [0, 0.1) is 22.7 Å². The van der Waals surface area contributed by atoms with Crippen molar-refractivity contribution in [3.8, 4) is 35.1 Å². The number of allylic oxidation sites excluding steroid dienone is 3. The van der Waals surface area contributed by atoms with Gasteiger partial charge in [0.2, 0.25) is 11.6 Å². The van der Waals surface area contributed by atoms with Crippen molar-refractivity contribution in [2.24, 2.45) is 5.73 Å². The zero-order chi connectivity index (χ0) is 35.8. The maximum Gasteiger partial charge on any atom is 0.338 e.